The first-order valence-corrected chi connectivity index (χ1v) is 6.05. The third kappa shape index (κ3) is 3.10. The monoisotopic (exact) mass is 256 g/mol. The Labute approximate surface area is 112 Å². The largest absolute Gasteiger partial charge is 0.460 e. The molecule has 19 heavy (non-hydrogen) atoms. The second-order valence-electron chi connectivity index (χ2n) is 4.37. The predicted molar refractivity (Wildman–Crippen MR) is 74.3 cm³/mol. The van der Waals surface area contributed by atoms with Crippen LogP contribution in [0.3, 0.4) is 0 Å². The number of carbonyl (C=O) groups is 1. The summed E-state index contributed by atoms with van der Waals surface area (Å²) in [6, 6.07) is 10.9. The molecule has 2 aromatic rings. The summed E-state index contributed by atoms with van der Waals surface area (Å²) >= 11 is 0. The number of nitrogens with zero attached hydrogens (tertiary/aromatic N) is 1. The summed E-state index contributed by atoms with van der Waals surface area (Å²) < 4.78 is 5.53. The summed E-state index contributed by atoms with van der Waals surface area (Å²) in [4.78, 5) is 11.8. The fourth-order valence-corrected chi connectivity index (χ4v) is 1.84. The van der Waals surface area contributed by atoms with Crippen LogP contribution < -0.4 is 5.43 Å². The van der Waals surface area contributed by atoms with Crippen molar-refractivity contribution < 1.29 is 9.21 Å². The van der Waals surface area contributed by atoms with E-state index in [9.17, 15) is 4.79 Å². The number of furan rings is 1. The molecule has 0 spiro atoms. The van der Waals surface area contributed by atoms with Crippen molar-refractivity contribution in [3.05, 3.63) is 59.0 Å². The third-order valence-electron chi connectivity index (χ3n) is 2.73. The van der Waals surface area contributed by atoms with Gasteiger partial charge in [-0.05, 0) is 44.5 Å². The van der Waals surface area contributed by atoms with Gasteiger partial charge in [-0.15, -0.1) is 0 Å². The van der Waals surface area contributed by atoms with Crippen molar-refractivity contribution in [1.29, 1.82) is 0 Å². The van der Waals surface area contributed by atoms with Crippen LogP contribution in [0.4, 0.5) is 0 Å². The second-order valence-corrected chi connectivity index (χ2v) is 4.37. The van der Waals surface area contributed by atoms with Crippen molar-refractivity contribution >= 4 is 11.6 Å². The van der Waals surface area contributed by atoms with E-state index >= 15 is 0 Å². The maximum atomic E-state index is 11.8. The van der Waals surface area contributed by atoms with Crippen LogP contribution in [-0.2, 0) is 0 Å². The number of rotatable bonds is 3. The molecule has 1 heterocycles. The lowest BCUT2D eigenvalue weighted by Crippen LogP contribution is -2.19. The highest BCUT2D eigenvalue weighted by Gasteiger charge is 2.09. The number of amides is 1. The summed E-state index contributed by atoms with van der Waals surface area (Å²) in [5.74, 6) is 1.29. The van der Waals surface area contributed by atoms with E-state index in [1.54, 1.807) is 19.1 Å². The normalized spacial score (nSPS) is 11.4. The Morgan fingerprint density at radius 3 is 2.47 bits per heavy atom. The highest BCUT2D eigenvalue weighted by atomic mass is 16.3. The average Bonchev–Trinajstić information content (AvgIpc) is 2.75. The number of carbonyl (C=O) groups excluding carboxylic acids is 1. The van der Waals surface area contributed by atoms with Crippen molar-refractivity contribution in [3.63, 3.8) is 0 Å². The van der Waals surface area contributed by atoms with Crippen LogP contribution in [0.1, 0.15) is 34.4 Å². The molecule has 1 N–H and O–H groups in total. The van der Waals surface area contributed by atoms with Gasteiger partial charge in [0.15, 0.2) is 5.76 Å². The summed E-state index contributed by atoms with van der Waals surface area (Å²) in [7, 11) is 0. The van der Waals surface area contributed by atoms with E-state index in [0.29, 0.717) is 17.0 Å². The maximum absolute atomic E-state index is 11.8. The lowest BCUT2D eigenvalue weighted by Gasteiger charge is -2.01. The molecule has 4 nitrogen and oxygen atoms in total. The van der Waals surface area contributed by atoms with Crippen LogP contribution in [0, 0.1) is 13.8 Å². The van der Waals surface area contributed by atoms with E-state index in [1.807, 2.05) is 38.1 Å². The van der Waals surface area contributed by atoms with Crippen LogP contribution in [0.2, 0.25) is 0 Å². The molecule has 0 atom stereocenters. The number of benzene rings is 1. The SMILES string of the molecule is CC(=NNC(=O)c1ccccc1)c1oc(C)cc1C. The summed E-state index contributed by atoms with van der Waals surface area (Å²) in [5.41, 5.74) is 4.75. The molecule has 1 aromatic heterocycles. The quantitative estimate of drug-likeness (QED) is 0.677. The van der Waals surface area contributed by atoms with Gasteiger partial charge in [-0.25, -0.2) is 5.43 Å². The standard InChI is InChI=1S/C15H16N2O2/c1-10-9-11(2)19-14(10)12(3)16-17-15(18)13-7-5-4-6-8-13/h4-9H,1-3H3,(H,17,18). The molecule has 1 aromatic carbocycles. The number of nitrogens with one attached hydrogen (secondary N) is 1. The van der Waals surface area contributed by atoms with Gasteiger partial charge < -0.3 is 4.42 Å². The van der Waals surface area contributed by atoms with Crippen molar-refractivity contribution in [2.24, 2.45) is 5.10 Å². The van der Waals surface area contributed by atoms with Crippen LogP contribution in [-0.4, -0.2) is 11.6 Å². The molecular weight excluding hydrogens is 240 g/mol. The van der Waals surface area contributed by atoms with Gasteiger partial charge in [0.05, 0.1) is 0 Å². The van der Waals surface area contributed by atoms with E-state index < -0.39 is 0 Å². The van der Waals surface area contributed by atoms with Gasteiger partial charge in [0, 0.05) is 5.56 Å². The molecule has 0 aliphatic rings. The van der Waals surface area contributed by atoms with Crippen LogP contribution in [0.5, 0.6) is 0 Å². The Morgan fingerprint density at radius 1 is 1.21 bits per heavy atom. The predicted octanol–water partition coefficient (Wildman–Crippen LogP) is 3.05. The maximum Gasteiger partial charge on any atom is 0.271 e. The Morgan fingerprint density at radius 2 is 1.89 bits per heavy atom. The number of aryl methyl sites for hydroxylation is 2. The molecule has 0 unspecified atom stereocenters. The topological polar surface area (TPSA) is 54.6 Å². The molecule has 1 amide bonds. The fraction of sp³-hybridized carbons (Fsp3) is 0.200. The minimum atomic E-state index is -0.235. The van der Waals surface area contributed by atoms with E-state index in [1.165, 1.54) is 0 Å². The highest BCUT2D eigenvalue weighted by Crippen LogP contribution is 2.14. The molecule has 0 aliphatic carbocycles. The second kappa shape index (κ2) is 5.52. The number of hydrogen-bond acceptors (Lipinski definition) is 3. The first kappa shape index (κ1) is 13.1. The molecule has 0 fully saturated rings. The Bertz CT molecular complexity index is 612. The lowest BCUT2D eigenvalue weighted by molar-refractivity contribution is 0.0955. The lowest BCUT2D eigenvalue weighted by atomic mass is 10.2. The van der Waals surface area contributed by atoms with Crippen molar-refractivity contribution in [1.82, 2.24) is 5.43 Å². The summed E-state index contributed by atoms with van der Waals surface area (Å²) in [6.45, 7) is 5.63. The van der Waals surface area contributed by atoms with E-state index in [2.05, 4.69) is 10.5 Å². The first-order chi connectivity index (χ1) is 9.08. The van der Waals surface area contributed by atoms with E-state index in [0.717, 1.165) is 11.3 Å². The zero-order valence-electron chi connectivity index (χ0n) is 11.2. The van der Waals surface area contributed by atoms with Gasteiger partial charge in [0.1, 0.15) is 11.5 Å². The van der Waals surface area contributed by atoms with Gasteiger partial charge in [-0.3, -0.25) is 4.79 Å². The Hall–Kier alpha value is -2.36. The third-order valence-corrected chi connectivity index (χ3v) is 2.73. The Balaban J connectivity index is 2.11. The van der Waals surface area contributed by atoms with Gasteiger partial charge in [0.25, 0.3) is 5.91 Å². The Kier molecular flexibility index (Phi) is 3.80. The van der Waals surface area contributed by atoms with Gasteiger partial charge in [0.2, 0.25) is 0 Å². The van der Waals surface area contributed by atoms with Gasteiger partial charge in [-0.2, -0.15) is 5.10 Å². The van der Waals surface area contributed by atoms with Crippen LogP contribution in [0.25, 0.3) is 0 Å². The minimum absolute atomic E-state index is 0.235. The average molecular weight is 256 g/mol. The zero-order valence-corrected chi connectivity index (χ0v) is 11.2. The minimum Gasteiger partial charge on any atom is -0.460 e. The van der Waals surface area contributed by atoms with Crippen LogP contribution in [0.15, 0.2) is 45.9 Å². The zero-order chi connectivity index (χ0) is 13.8. The first-order valence-electron chi connectivity index (χ1n) is 6.05. The van der Waals surface area contributed by atoms with Crippen molar-refractivity contribution in [2.45, 2.75) is 20.8 Å². The summed E-state index contributed by atoms with van der Waals surface area (Å²) in [6.07, 6.45) is 0. The molecule has 0 saturated carbocycles. The van der Waals surface area contributed by atoms with Crippen molar-refractivity contribution in [3.8, 4) is 0 Å². The molecule has 0 radical (unpaired) electrons. The van der Waals surface area contributed by atoms with Gasteiger partial charge >= 0.3 is 0 Å². The van der Waals surface area contributed by atoms with Crippen LogP contribution >= 0.6 is 0 Å². The molecular formula is C15H16N2O2. The number of hydrazone groups is 1. The van der Waals surface area contributed by atoms with E-state index in [4.69, 9.17) is 4.42 Å². The van der Waals surface area contributed by atoms with E-state index in [-0.39, 0.29) is 5.91 Å². The molecule has 0 aliphatic heterocycles. The molecule has 4 heteroatoms. The smallest absolute Gasteiger partial charge is 0.271 e. The summed E-state index contributed by atoms with van der Waals surface area (Å²) in [5, 5.41) is 4.07. The molecule has 2 rings (SSSR count). The highest BCUT2D eigenvalue weighted by molar-refractivity contribution is 6.00. The molecule has 0 bridgehead atoms. The molecule has 0 saturated heterocycles. The number of hydrogen-bond donors (Lipinski definition) is 1. The fourth-order valence-electron chi connectivity index (χ4n) is 1.84. The van der Waals surface area contributed by atoms with Gasteiger partial charge in [-0.1, -0.05) is 18.2 Å². The molecule has 98 valence electrons. The van der Waals surface area contributed by atoms with Crippen molar-refractivity contribution in [2.75, 3.05) is 0 Å².